The lowest BCUT2D eigenvalue weighted by atomic mass is 10.2. The number of hydrogen-bond acceptors (Lipinski definition) is 5. The maximum Gasteiger partial charge on any atom is 0.321 e. The van der Waals surface area contributed by atoms with Crippen LogP contribution in [0, 0.1) is 17.0 Å². The van der Waals surface area contributed by atoms with Crippen molar-refractivity contribution >= 4 is 11.3 Å². The molecule has 0 spiro atoms. The smallest absolute Gasteiger partial charge is 0.321 e. The summed E-state index contributed by atoms with van der Waals surface area (Å²) >= 11 is 0. The fourth-order valence-electron chi connectivity index (χ4n) is 2.20. The lowest BCUT2D eigenvalue weighted by Gasteiger charge is -2.05. The minimum Gasteiger partial charge on any atom is -0.867 e. The first kappa shape index (κ1) is 13.0. The van der Waals surface area contributed by atoms with E-state index in [-0.39, 0.29) is 23.6 Å². The summed E-state index contributed by atoms with van der Waals surface area (Å²) in [7, 11) is 0. The summed E-state index contributed by atoms with van der Waals surface area (Å²) in [6.45, 7) is 1.85. The van der Waals surface area contributed by atoms with Crippen LogP contribution < -0.4 is 9.79 Å². The molecular formula is C13H11N5O3. The average Bonchev–Trinajstić information content (AvgIpc) is 2.82. The van der Waals surface area contributed by atoms with E-state index in [1.807, 2.05) is 0 Å². The molecule has 3 rings (SSSR count). The van der Waals surface area contributed by atoms with E-state index in [1.165, 1.54) is 27.7 Å². The van der Waals surface area contributed by atoms with E-state index in [0.29, 0.717) is 11.3 Å². The van der Waals surface area contributed by atoms with Crippen molar-refractivity contribution in [1.29, 1.82) is 0 Å². The first-order chi connectivity index (χ1) is 10.1. The molecule has 0 saturated heterocycles. The Labute approximate surface area is 119 Å². The van der Waals surface area contributed by atoms with E-state index < -0.39 is 4.92 Å². The molecule has 0 fully saturated rings. The summed E-state index contributed by atoms with van der Waals surface area (Å²) < 4.78 is 2.80. The van der Waals surface area contributed by atoms with Crippen LogP contribution in [0.4, 0.5) is 5.69 Å². The minimum absolute atomic E-state index is 0.00123. The Morgan fingerprint density at radius 1 is 1.38 bits per heavy atom. The SMILES string of the molecule is Cc1cc([O-])c2n(cn[n+]2Cc2ccccc2[N+](=O)[O-])n1. The molecule has 0 saturated carbocycles. The molecule has 106 valence electrons. The average molecular weight is 285 g/mol. The number of para-hydroxylation sites is 1. The Morgan fingerprint density at radius 3 is 2.90 bits per heavy atom. The molecule has 8 nitrogen and oxygen atoms in total. The number of fused-ring (bicyclic) bond motifs is 1. The lowest BCUT2D eigenvalue weighted by Crippen LogP contribution is -2.37. The van der Waals surface area contributed by atoms with Crippen LogP contribution in [0.5, 0.6) is 5.75 Å². The predicted molar refractivity (Wildman–Crippen MR) is 69.6 cm³/mol. The van der Waals surface area contributed by atoms with Crippen molar-refractivity contribution < 1.29 is 14.7 Å². The molecule has 0 unspecified atom stereocenters. The van der Waals surface area contributed by atoms with Gasteiger partial charge in [0.25, 0.3) is 12.0 Å². The van der Waals surface area contributed by atoms with Crippen molar-refractivity contribution in [2.45, 2.75) is 13.5 Å². The highest BCUT2D eigenvalue weighted by Gasteiger charge is 2.19. The van der Waals surface area contributed by atoms with Crippen LogP contribution in [0.3, 0.4) is 0 Å². The number of nitrogens with zero attached hydrogens (tertiary/aromatic N) is 5. The zero-order valence-electron chi connectivity index (χ0n) is 11.1. The van der Waals surface area contributed by atoms with Crippen LogP contribution in [-0.2, 0) is 6.54 Å². The van der Waals surface area contributed by atoms with E-state index in [9.17, 15) is 15.2 Å². The van der Waals surface area contributed by atoms with Gasteiger partial charge >= 0.3 is 5.65 Å². The zero-order valence-corrected chi connectivity index (χ0v) is 11.1. The fraction of sp³-hybridized carbons (Fsp3) is 0.154. The third kappa shape index (κ3) is 2.27. The van der Waals surface area contributed by atoms with Crippen LogP contribution in [0.1, 0.15) is 11.3 Å². The molecule has 0 amide bonds. The van der Waals surface area contributed by atoms with Crippen molar-refractivity contribution in [1.82, 2.24) is 14.7 Å². The molecule has 0 atom stereocenters. The summed E-state index contributed by atoms with van der Waals surface area (Å²) in [5, 5.41) is 31.3. The van der Waals surface area contributed by atoms with Crippen LogP contribution in [0.15, 0.2) is 36.7 Å². The molecule has 21 heavy (non-hydrogen) atoms. The molecule has 0 radical (unpaired) electrons. The Morgan fingerprint density at radius 2 is 2.14 bits per heavy atom. The van der Waals surface area contributed by atoms with E-state index in [0.717, 1.165) is 0 Å². The lowest BCUT2D eigenvalue weighted by molar-refractivity contribution is -0.721. The van der Waals surface area contributed by atoms with Crippen molar-refractivity contribution in [2.24, 2.45) is 0 Å². The molecule has 0 aliphatic carbocycles. The molecule has 0 aliphatic rings. The van der Waals surface area contributed by atoms with Gasteiger partial charge in [0.1, 0.15) is 6.54 Å². The Kier molecular flexibility index (Phi) is 2.98. The third-order valence-corrected chi connectivity index (χ3v) is 3.10. The number of nitro benzene ring substituents is 1. The standard InChI is InChI=1S/C13H11N5O3/c1-9-6-12(19)13-16(14-8-17(13)15-9)7-10-4-2-3-5-11(10)18(20)21/h2-6,8H,7H2,1H3. The van der Waals surface area contributed by atoms with E-state index in [1.54, 1.807) is 25.1 Å². The van der Waals surface area contributed by atoms with Gasteiger partial charge in [-0.05, 0) is 29.9 Å². The predicted octanol–water partition coefficient (Wildman–Crippen LogP) is 0.355. The van der Waals surface area contributed by atoms with Gasteiger partial charge in [0, 0.05) is 6.07 Å². The largest absolute Gasteiger partial charge is 0.867 e. The Hall–Kier alpha value is -3.03. The molecule has 0 bridgehead atoms. The topological polar surface area (TPSA) is 100 Å². The second-order valence-corrected chi connectivity index (χ2v) is 4.59. The van der Waals surface area contributed by atoms with Gasteiger partial charge in [0.05, 0.1) is 16.2 Å². The summed E-state index contributed by atoms with van der Waals surface area (Å²) in [6, 6.07) is 7.78. The van der Waals surface area contributed by atoms with Crippen LogP contribution in [0.25, 0.3) is 5.65 Å². The molecule has 8 heteroatoms. The molecular weight excluding hydrogens is 274 g/mol. The molecule has 0 N–H and O–H groups in total. The second kappa shape index (κ2) is 4.82. The Bertz CT molecular complexity index is 843. The van der Waals surface area contributed by atoms with Gasteiger partial charge in [-0.3, -0.25) is 10.1 Å². The normalized spacial score (nSPS) is 10.9. The van der Waals surface area contributed by atoms with E-state index in [2.05, 4.69) is 10.2 Å². The van der Waals surface area contributed by atoms with Gasteiger partial charge in [-0.1, -0.05) is 21.7 Å². The summed E-state index contributed by atoms with van der Waals surface area (Å²) in [5.74, 6) is -0.224. The highest BCUT2D eigenvalue weighted by Crippen LogP contribution is 2.18. The van der Waals surface area contributed by atoms with E-state index >= 15 is 0 Å². The summed E-state index contributed by atoms with van der Waals surface area (Å²) in [4.78, 5) is 10.6. The van der Waals surface area contributed by atoms with Gasteiger partial charge in [-0.2, -0.15) is 0 Å². The number of aryl methyl sites for hydroxylation is 1. The van der Waals surface area contributed by atoms with Crippen LogP contribution in [0.2, 0.25) is 0 Å². The third-order valence-electron chi connectivity index (χ3n) is 3.10. The molecule has 1 aromatic carbocycles. The zero-order chi connectivity index (χ0) is 15.0. The van der Waals surface area contributed by atoms with Crippen LogP contribution >= 0.6 is 0 Å². The number of benzene rings is 1. The van der Waals surface area contributed by atoms with Gasteiger partial charge in [-0.25, -0.2) is 0 Å². The van der Waals surface area contributed by atoms with Gasteiger partial charge in [-0.15, -0.1) is 4.68 Å². The van der Waals surface area contributed by atoms with Crippen molar-refractivity contribution in [3.05, 3.63) is 58.0 Å². The maximum atomic E-state index is 12.0. The molecule has 2 heterocycles. The summed E-state index contributed by atoms with van der Waals surface area (Å²) in [5.41, 5.74) is 1.34. The highest BCUT2D eigenvalue weighted by atomic mass is 16.6. The minimum atomic E-state index is -0.450. The monoisotopic (exact) mass is 285 g/mol. The Balaban J connectivity index is 2.09. The van der Waals surface area contributed by atoms with Gasteiger partial charge < -0.3 is 5.11 Å². The summed E-state index contributed by atoms with van der Waals surface area (Å²) in [6.07, 6.45) is 1.42. The second-order valence-electron chi connectivity index (χ2n) is 4.59. The first-order valence-electron chi connectivity index (χ1n) is 6.20. The van der Waals surface area contributed by atoms with Crippen molar-refractivity contribution in [2.75, 3.05) is 0 Å². The highest BCUT2D eigenvalue weighted by molar-refractivity contribution is 5.46. The molecule has 0 aliphatic heterocycles. The van der Waals surface area contributed by atoms with Gasteiger partial charge in [0.15, 0.2) is 0 Å². The van der Waals surface area contributed by atoms with Crippen molar-refractivity contribution in [3.63, 3.8) is 0 Å². The quantitative estimate of drug-likeness (QED) is 0.393. The number of hydrogen-bond donors (Lipinski definition) is 0. The first-order valence-corrected chi connectivity index (χ1v) is 6.20. The van der Waals surface area contributed by atoms with Gasteiger partial charge in [0.2, 0.25) is 0 Å². The van der Waals surface area contributed by atoms with Crippen molar-refractivity contribution in [3.8, 4) is 5.75 Å². The molecule has 3 aromatic rings. The van der Waals surface area contributed by atoms with Crippen LogP contribution in [-0.4, -0.2) is 19.6 Å². The molecule has 2 aromatic heterocycles. The maximum absolute atomic E-state index is 12.0. The number of aromatic nitrogens is 4. The fourth-order valence-corrected chi connectivity index (χ4v) is 2.20. The van der Waals surface area contributed by atoms with E-state index in [4.69, 9.17) is 0 Å². The number of rotatable bonds is 3. The number of nitro groups is 1.